The van der Waals surface area contributed by atoms with Crippen LogP contribution in [0.4, 0.5) is 0 Å². The average molecular weight is 316 g/mol. The number of methoxy groups -OCH3 is 1. The van der Waals surface area contributed by atoms with E-state index in [4.69, 9.17) is 9.73 Å². The summed E-state index contributed by atoms with van der Waals surface area (Å²) in [6.45, 7) is 12.6. The standard InChI is InChI=1S/C19H28N2O2/c1-12(2)16-20-19(17(22)21(16)5)14(4)13(3)11-18(19)9-7-15(23-6)8-10-18/h12,15H,3-4,7-11H2,1-2,5-6H3. The van der Waals surface area contributed by atoms with Crippen molar-refractivity contribution in [2.24, 2.45) is 16.3 Å². The molecule has 0 saturated heterocycles. The Morgan fingerprint density at radius 2 is 1.91 bits per heavy atom. The molecule has 2 saturated carbocycles. The predicted molar refractivity (Wildman–Crippen MR) is 92.4 cm³/mol. The van der Waals surface area contributed by atoms with Gasteiger partial charge in [0.2, 0.25) is 0 Å². The molecule has 2 spiro atoms. The molecule has 3 rings (SSSR count). The first kappa shape index (κ1) is 16.4. The van der Waals surface area contributed by atoms with Gasteiger partial charge in [0, 0.05) is 25.5 Å². The highest BCUT2D eigenvalue weighted by Gasteiger charge is 2.66. The van der Waals surface area contributed by atoms with Crippen LogP contribution in [0.3, 0.4) is 0 Å². The van der Waals surface area contributed by atoms with E-state index >= 15 is 0 Å². The SMILES string of the molecule is C=C1CC2(CCC(OC)CC2)C2(N=C(C(C)C)N(C)C2=O)C1=C. The molecule has 4 heteroatoms. The van der Waals surface area contributed by atoms with Crippen LogP contribution in [-0.2, 0) is 9.53 Å². The third-order valence-electron chi connectivity index (χ3n) is 6.16. The van der Waals surface area contributed by atoms with E-state index in [1.165, 1.54) is 0 Å². The van der Waals surface area contributed by atoms with E-state index in [1.54, 1.807) is 12.0 Å². The molecule has 1 aliphatic heterocycles. The van der Waals surface area contributed by atoms with Gasteiger partial charge in [-0.3, -0.25) is 4.79 Å². The van der Waals surface area contributed by atoms with Gasteiger partial charge in [-0.2, -0.15) is 0 Å². The number of carbonyl (C=O) groups is 1. The normalized spacial score (nSPS) is 37.6. The smallest absolute Gasteiger partial charge is 0.260 e. The molecular formula is C19H28N2O2. The number of rotatable bonds is 2. The number of amides is 1. The first-order valence-electron chi connectivity index (χ1n) is 8.57. The summed E-state index contributed by atoms with van der Waals surface area (Å²) in [5, 5.41) is 0. The van der Waals surface area contributed by atoms with Crippen molar-refractivity contribution in [1.29, 1.82) is 0 Å². The van der Waals surface area contributed by atoms with E-state index in [0.29, 0.717) is 6.10 Å². The minimum Gasteiger partial charge on any atom is -0.381 e. The van der Waals surface area contributed by atoms with Crippen molar-refractivity contribution in [3.8, 4) is 0 Å². The van der Waals surface area contributed by atoms with Crippen molar-refractivity contribution in [2.75, 3.05) is 14.2 Å². The summed E-state index contributed by atoms with van der Waals surface area (Å²) >= 11 is 0. The molecule has 0 aromatic rings. The second kappa shape index (κ2) is 5.30. The Kier molecular flexibility index (Phi) is 3.79. The number of amidine groups is 1. The molecule has 0 aromatic heterocycles. The average Bonchev–Trinajstić information content (AvgIpc) is 2.91. The molecule has 3 aliphatic rings. The van der Waals surface area contributed by atoms with Gasteiger partial charge < -0.3 is 9.64 Å². The molecule has 1 atom stereocenters. The highest BCUT2D eigenvalue weighted by molar-refractivity contribution is 6.11. The lowest BCUT2D eigenvalue weighted by Gasteiger charge is -2.44. The molecule has 126 valence electrons. The topological polar surface area (TPSA) is 41.9 Å². The number of hydrogen-bond acceptors (Lipinski definition) is 3. The van der Waals surface area contributed by atoms with E-state index in [-0.39, 0.29) is 17.2 Å². The van der Waals surface area contributed by atoms with Gasteiger partial charge in [0.15, 0.2) is 5.54 Å². The van der Waals surface area contributed by atoms with Crippen LogP contribution < -0.4 is 0 Å². The molecule has 0 radical (unpaired) electrons. The van der Waals surface area contributed by atoms with Crippen molar-refractivity contribution in [2.45, 2.75) is 57.6 Å². The number of fused-ring (bicyclic) bond motifs is 1. The highest BCUT2D eigenvalue weighted by Crippen LogP contribution is 2.62. The van der Waals surface area contributed by atoms with Gasteiger partial charge in [-0.25, -0.2) is 4.99 Å². The number of likely N-dealkylation sites (N-methyl/N-ethyl adjacent to an activating group) is 1. The van der Waals surface area contributed by atoms with Crippen LogP contribution >= 0.6 is 0 Å². The first-order valence-corrected chi connectivity index (χ1v) is 8.57. The van der Waals surface area contributed by atoms with Gasteiger partial charge in [0.05, 0.1) is 6.10 Å². The molecular weight excluding hydrogens is 288 g/mol. The van der Waals surface area contributed by atoms with Crippen molar-refractivity contribution >= 4 is 11.7 Å². The van der Waals surface area contributed by atoms with Gasteiger partial charge in [-0.15, -0.1) is 0 Å². The minimum absolute atomic E-state index is 0.0840. The Hall–Kier alpha value is -1.42. The Morgan fingerprint density at radius 3 is 2.39 bits per heavy atom. The van der Waals surface area contributed by atoms with E-state index in [2.05, 4.69) is 27.0 Å². The summed E-state index contributed by atoms with van der Waals surface area (Å²) in [5.41, 5.74) is 0.840. The molecule has 2 aliphatic carbocycles. The maximum absolute atomic E-state index is 13.3. The fourth-order valence-corrected chi connectivity index (χ4v) is 4.84. The van der Waals surface area contributed by atoms with Gasteiger partial charge >= 0.3 is 0 Å². The molecule has 0 N–H and O–H groups in total. The summed E-state index contributed by atoms with van der Waals surface area (Å²) < 4.78 is 5.53. The molecule has 0 bridgehead atoms. The van der Waals surface area contributed by atoms with Crippen molar-refractivity contribution < 1.29 is 9.53 Å². The maximum atomic E-state index is 13.3. The van der Waals surface area contributed by atoms with Crippen molar-refractivity contribution in [3.05, 3.63) is 24.3 Å². The summed E-state index contributed by atoms with van der Waals surface area (Å²) in [6, 6.07) is 0. The predicted octanol–water partition coefficient (Wildman–Crippen LogP) is 3.34. The van der Waals surface area contributed by atoms with Crippen LogP contribution in [0.5, 0.6) is 0 Å². The number of aliphatic imine (C=N–C) groups is 1. The monoisotopic (exact) mass is 316 g/mol. The second-order valence-corrected chi connectivity index (χ2v) is 7.67. The summed E-state index contributed by atoms with van der Waals surface area (Å²) in [5.74, 6) is 1.18. The lowest BCUT2D eigenvalue weighted by Crippen LogP contribution is -2.53. The highest BCUT2D eigenvalue weighted by atomic mass is 16.5. The minimum atomic E-state index is -0.822. The lowest BCUT2D eigenvalue weighted by atomic mass is 9.62. The van der Waals surface area contributed by atoms with Crippen LogP contribution in [-0.4, -0.2) is 42.4 Å². The zero-order valence-corrected chi connectivity index (χ0v) is 14.8. The maximum Gasteiger partial charge on any atom is 0.260 e. The third-order valence-corrected chi connectivity index (χ3v) is 6.16. The summed E-state index contributed by atoms with van der Waals surface area (Å²) in [7, 11) is 3.62. The zero-order chi connectivity index (χ0) is 17.0. The first-order chi connectivity index (χ1) is 10.8. The molecule has 2 fully saturated rings. The van der Waals surface area contributed by atoms with Crippen molar-refractivity contribution in [3.63, 3.8) is 0 Å². The van der Waals surface area contributed by atoms with Crippen LogP contribution in [0.2, 0.25) is 0 Å². The number of nitrogens with zero attached hydrogens (tertiary/aromatic N) is 2. The molecule has 1 heterocycles. The fraction of sp³-hybridized carbons (Fsp3) is 0.684. The summed E-state index contributed by atoms with van der Waals surface area (Å²) in [4.78, 5) is 20.1. The Labute approximate surface area is 139 Å². The van der Waals surface area contributed by atoms with Gasteiger partial charge in [0.25, 0.3) is 5.91 Å². The van der Waals surface area contributed by atoms with Crippen molar-refractivity contribution in [1.82, 2.24) is 4.90 Å². The number of ether oxygens (including phenoxy) is 1. The summed E-state index contributed by atoms with van der Waals surface area (Å²) in [6.07, 6.45) is 4.96. The molecule has 4 nitrogen and oxygen atoms in total. The quantitative estimate of drug-likeness (QED) is 0.784. The molecule has 23 heavy (non-hydrogen) atoms. The Morgan fingerprint density at radius 1 is 1.30 bits per heavy atom. The molecule has 0 aromatic carbocycles. The zero-order valence-electron chi connectivity index (χ0n) is 14.8. The van der Waals surface area contributed by atoms with Gasteiger partial charge in [0.1, 0.15) is 5.84 Å². The molecule has 1 amide bonds. The van der Waals surface area contributed by atoms with E-state index in [9.17, 15) is 4.79 Å². The Bertz CT molecular complexity index is 596. The van der Waals surface area contributed by atoms with Crippen LogP contribution in [0, 0.1) is 11.3 Å². The van der Waals surface area contributed by atoms with E-state index < -0.39 is 5.54 Å². The molecule has 1 unspecified atom stereocenters. The van der Waals surface area contributed by atoms with Crippen LogP contribution in [0.25, 0.3) is 0 Å². The van der Waals surface area contributed by atoms with Gasteiger partial charge in [-0.1, -0.05) is 27.0 Å². The lowest BCUT2D eigenvalue weighted by molar-refractivity contribution is -0.134. The van der Waals surface area contributed by atoms with Crippen LogP contribution in [0.15, 0.2) is 29.3 Å². The number of carbonyl (C=O) groups excluding carboxylic acids is 1. The Balaban J connectivity index is 2.09. The van der Waals surface area contributed by atoms with Crippen LogP contribution in [0.1, 0.15) is 46.0 Å². The third kappa shape index (κ3) is 2.00. The van der Waals surface area contributed by atoms with E-state index in [0.717, 1.165) is 49.1 Å². The largest absolute Gasteiger partial charge is 0.381 e. The number of hydrogen-bond donors (Lipinski definition) is 0. The van der Waals surface area contributed by atoms with E-state index in [1.807, 2.05) is 7.05 Å². The fourth-order valence-electron chi connectivity index (χ4n) is 4.84. The van der Waals surface area contributed by atoms with Gasteiger partial charge in [-0.05, 0) is 43.3 Å². The second-order valence-electron chi connectivity index (χ2n) is 7.67.